The molecule has 1 atom stereocenters. The van der Waals surface area contributed by atoms with Crippen molar-refractivity contribution in [3.05, 3.63) is 70.0 Å². The molecular weight excluding hydrogens is 369 g/mol. The van der Waals surface area contributed by atoms with Gasteiger partial charge in [-0.3, -0.25) is 4.79 Å². The van der Waals surface area contributed by atoms with Crippen molar-refractivity contribution >= 4 is 23.5 Å². The Bertz CT molecular complexity index is 785. The molecule has 0 radical (unpaired) electrons. The molecule has 2 aromatic rings. The van der Waals surface area contributed by atoms with Gasteiger partial charge in [-0.1, -0.05) is 55.8 Å². The summed E-state index contributed by atoms with van der Waals surface area (Å²) >= 11 is 5.81. The lowest BCUT2D eigenvalue weighted by atomic mass is 10.00. The third-order valence-electron chi connectivity index (χ3n) is 4.00. The number of esters is 1. The minimum Gasteiger partial charge on any atom is -0.452 e. The Hall–Kier alpha value is -2.40. The molecule has 0 aliphatic rings. The molecule has 0 saturated carbocycles. The lowest BCUT2D eigenvalue weighted by Gasteiger charge is -2.15. The second kappa shape index (κ2) is 9.51. The van der Waals surface area contributed by atoms with Crippen molar-refractivity contribution in [3.63, 3.8) is 0 Å². The molecule has 0 aliphatic carbocycles. The van der Waals surface area contributed by atoms with Crippen LogP contribution in [0.4, 0.5) is 4.39 Å². The van der Waals surface area contributed by atoms with E-state index in [1.165, 1.54) is 17.7 Å². The summed E-state index contributed by atoms with van der Waals surface area (Å²) in [6, 6.07) is 11.6. The number of rotatable bonds is 7. The van der Waals surface area contributed by atoms with E-state index in [4.69, 9.17) is 16.3 Å². The zero-order valence-electron chi connectivity index (χ0n) is 15.6. The van der Waals surface area contributed by atoms with Gasteiger partial charge < -0.3 is 10.1 Å². The van der Waals surface area contributed by atoms with Gasteiger partial charge in [-0.05, 0) is 42.5 Å². The van der Waals surface area contributed by atoms with Crippen molar-refractivity contribution < 1.29 is 18.7 Å². The Balaban J connectivity index is 1.88. The summed E-state index contributed by atoms with van der Waals surface area (Å²) in [6.45, 7) is 5.64. The van der Waals surface area contributed by atoms with E-state index in [-0.39, 0.29) is 16.6 Å². The molecule has 0 heterocycles. The molecule has 2 aromatic carbocycles. The lowest BCUT2D eigenvalue weighted by Crippen LogP contribution is -2.31. The first-order valence-electron chi connectivity index (χ1n) is 8.77. The molecular formula is C21H23ClFNO3. The van der Waals surface area contributed by atoms with E-state index >= 15 is 0 Å². The van der Waals surface area contributed by atoms with Crippen LogP contribution in [0.3, 0.4) is 0 Å². The average molecular weight is 392 g/mol. The average Bonchev–Trinajstić information content (AvgIpc) is 2.60. The highest BCUT2D eigenvalue weighted by Gasteiger charge is 2.19. The van der Waals surface area contributed by atoms with Crippen molar-refractivity contribution in [2.45, 2.75) is 33.2 Å². The van der Waals surface area contributed by atoms with Gasteiger partial charge >= 0.3 is 5.97 Å². The van der Waals surface area contributed by atoms with Crippen molar-refractivity contribution in [2.75, 3.05) is 6.61 Å². The second-order valence-electron chi connectivity index (χ2n) is 6.80. The summed E-state index contributed by atoms with van der Waals surface area (Å²) in [7, 11) is 0. The molecule has 27 heavy (non-hydrogen) atoms. The molecule has 0 spiro atoms. The van der Waals surface area contributed by atoms with Crippen LogP contribution < -0.4 is 5.32 Å². The fourth-order valence-corrected chi connectivity index (χ4v) is 2.92. The van der Waals surface area contributed by atoms with Crippen molar-refractivity contribution in [1.29, 1.82) is 0 Å². The predicted octanol–water partition coefficient (Wildman–Crippen LogP) is 4.71. The Kier molecular flexibility index (Phi) is 7.36. The lowest BCUT2D eigenvalue weighted by molar-refractivity contribution is -0.124. The normalized spacial score (nSPS) is 11.9. The number of nitrogens with one attached hydrogen (secondary N) is 1. The molecule has 0 saturated heterocycles. The summed E-state index contributed by atoms with van der Waals surface area (Å²) < 4.78 is 18.6. The minimum atomic E-state index is -0.973. The Labute approximate surface area is 163 Å². The number of benzene rings is 2. The van der Waals surface area contributed by atoms with E-state index in [0.29, 0.717) is 5.92 Å². The van der Waals surface area contributed by atoms with Crippen LogP contribution in [-0.4, -0.2) is 18.5 Å². The van der Waals surface area contributed by atoms with Crippen LogP contribution in [0.25, 0.3) is 0 Å². The van der Waals surface area contributed by atoms with Crippen molar-refractivity contribution in [2.24, 2.45) is 5.92 Å². The fourth-order valence-electron chi connectivity index (χ4n) is 2.68. The Morgan fingerprint density at radius 2 is 1.78 bits per heavy atom. The SMILES string of the molecule is CC(C)Cc1ccc([C@@H](C)NC(=O)COC(=O)c2c(F)cccc2Cl)cc1. The zero-order chi connectivity index (χ0) is 20.0. The number of hydrogen-bond acceptors (Lipinski definition) is 3. The minimum absolute atomic E-state index is 0.0599. The summed E-state index contributed by atoms with van der Waals surface area (Å²) in [5.74, 6) is -1.66. The monoisotopic (exact) mass is 391 g/mol. The van der Waals surface area contributed by atoms with E-state index in [1.54, 1.807) is 0 Å². The summed E-state index contributed by atoms with van der Waals surface area (Å²) in [5, 5.41) is 2.69. The maximum atomic E-state index is 13.7. The van der Waals surface area contributed by atoms with Gasteiger partial charge in [0.25, 0.3) is 5.91 Å². The molecule has 144 valence electrons. The number of amides is 1. The third kappa shape index (κ3) is 6.07. The quantitative estimate of drug-likeness (QED) is 0.695. The Morgan fingerprint density at radius 1 is 1.11 bits per heavy atom. The number of hydrogen-bond donors (Lipinski definition) is 1. The van der Waals surface area contributed by atoms with Gasteiger partial charge in [-0.2, -0.15) is 0 Å². The van der Waals surface area contributed by atoms with E-state index in [1.807, 2.05) is 31.2 Å². The summed E-state index contributed by atoms with van der Waals surface area (Å²) in [6.07, 6.45) is 0.996. The van der Waals surface area contributed by atoms with Gasteiger partial charge in [0.2, 0.25) is 0 Å². The first kappa shape index (κ1) is 20.9. The van der Waals surface area contributed by atoms with Gasteiger partial charge in [-0.15, -0.1) is 0 Å². The maximum absolute atomic E-state index is 13.7. The predicted molar refractivity (Wildman–Crippen MR) is 103 cm³/mol. The van der Waals surface area contributed by atoms with Gasteiger partial charge in [-0.25, -0.2) is 9.18 Å². The van der Waals surface area contributed by atoms with Crippen LogP contribution >= 0.6 is 11.6 Å². The first-order chi connectivity index (χ1) is 12.8. The van der Waals surface area contributed by atoms with E-state index in [2.05, 4.69) is 19.2 Å². The van der Waals surface area contributed by atoms with Gasteiger partial charge in [0.05, 0.1) is 11.1 Å². The number of carbonyl (C=O) groups excluding carboxylic acids is 2. The molecule has 0 aromatic heterocycles. The van der Waals surface area contributed by atoms with Crippen LogP contribution in [0.5, 0.6) is 0 Å². The van der Waals surface area contributed by atoms with E-state index in [0.717, 1.165) is 18.1 Å². The van der Waals surface area contributed by atoms with Crippen LogP contribution in [0.2, 0.25) is 5.02 Å². The standard InChI is InChI=1S/C21H23ClFNO3/c1-13(2)11-15-7-9-16(10-8-15)14(3)24-19(25)12-27-21(26)20-17(22)5-4-6-18(20)23/h4-10,13-14H,11-12H2,1-3H3,(H,24,25)/t14-/m1/s1. The fraction of sp³-hybridized carbons (Fsp3) is 0.333. The Morgan fingerprint density at radius 3 is 2.37 bits per heavy atom. The number of ether oxygens (including phenoxy) is 1. The largest absolute Gasteiger partial charge is 0.452 e. The van der Waals surface area contributed by atoms with Gasteiger partial charge in [0.15, 0.2) is 6.61 Å². The molecule has 0 aliphatic heterocycles. The van der Waals surface area contributed by atoms with Crippen LogP contribution in [0.15, 0.2) is 42.5 Å². The number of carbonyl (C=O) groups is 2. The highest BCUT2D eigenvalue weighted by Crippen LogP contribution is 2.20. The topological polar surface area (TPSA) is 55.4 Å². The summed E-state index contributed by atoms with van der Waals surface area (Å²) in [5.41, 5.74) is 1.81. The number of halogens is 2. The molecule has 6 heteroatoms. The zero-order valence-corrected chi connectivity index (χ0v) is 16.3. The van der Waals surface area contributed by atoms with Crippen LogP contribution in [0, 0.1) is 11.7 Å². The molecule has 1 N–H and O–H groups in total. The molecule has 4 nitrogen and oxygen atoms in total. The molecule has 0 unspecified atom stereocenters. The molecule has 0 fully saturated rings. The van der Waals surface area contributed by atoms with Crippen molar-refractivity contribution in [1.82, 2.24) is 5.32 Å². The first-order valence-corrected chi connectivity index (χ1v) is 9.15. The molecule has 0 bridgehead atoms. The second-order valence-corrected chi connectivity index (χ2v) is 7.21. The van der Waals surface area contributed by atoms with Crippen LogP contribution in [-0.2, 0) is 16.0 Å². The molecule has 1 amide bonds. The summed E-state index contributed by atoms with van der Waals surface area (Å²) in [4.78, 5) is 24.0. The van der Waals surface area contributed by atoms with Crippen molar-refractivity contribution in [3.8, 4) is 0 Å². The van der Waals surface area contributed by atoms with Crippen LogP contribution in [0.1, 0.15) is 48.3 Å². The highest BCUT2D eigenvalue weighted by molar-refractivity contribution is 6.33. The van der Waals surface area contributed by atoms with Gasteiger partial charge in [0.1, 0.15) is 11.4 Å². The highest BCUT2D eigenvalue weighted by atomic mass is 35.5. The van der Waals surface area contributed by atoms with E-state index in [9.17, 15) is 14.0 Å². The smallest absolute Gasteiger partial charge is 0.343 e. The van der Waals surface area contributed by atoms with Gasteiger partial charge in [0, 0.05) is 0 Å². The maximum Gasteiger partial charge on any atom is 0.343 e. The molecule has 2 rings (SSSR count). The third-order valence-corrected chi connectivity index (χ3v) is 4.32. The van der Waals surface area contributed by atoms with E-state index < -0.39 is 24.3 Å².